The molecule has 0 saturated carbocycles. The van der Waals surface area contributed by atoms with Gasteiger partial charge in [0.25, 0.3) is 0 Å². The van der Waals surface area contributed by atoms with Gasteiger partial charge in [0.05, 0.1) is 7.11 Å². The van der Waals surface area contributed by atoms with E-state index >= 15 is 0 Å². The first-order valence-electron chi connectivity index (χ1n) is 3.99. The number of carbonyl (C=O) groups is 3. The molecule has 1 atom stereocenters. The van der Waals surface area contributed by atoms with Crippen LogP contribution in [0.5, 0.6) is 0 Å². The lowest BCUT2D eigenvalue weighted by atomic mass is 10.3. The number of hydrogen-bond donors (Lipinski definition) is 3. The van der Waals surface area contributed by atoms with Gasteiger partial charge >= 0.3 is 11.9 Å². The minimum absolute atomic E-state index is 0.209. The summed E-state index contributed by atoms with van der Waals surface area (Å²) in [5, 5.41) is 10.6. The number of carboxylic acid groups (broad SMARTS) is 1. The minimum Gasteiger partial charge on any atom is -0.480 e. The van der Waals surface area contributed by atoms with Crippen LogP contribution in [-0.2, 0) is 19.1 Å². The van der Waals surface area contributed by atoms with Crippen molar-refractivity contribution >= 4 is 17.8 Å². The van der Waals surface area contributed by atoms with E-state index in [-0.39, 0.29) is 6.54 Å². The Bertz CT molecular complexity index is 287. The number of carboxylic acids is 1. The second kappa shape index (κ2) is 6.55. The number of esters is 1. The van der Waals surface area contributed by atoms with Crippen LogP contribution < -0.4 is 11.1 Å². The fraction of sp³-hybridized carbons (Fsp3) is 0.375. The molecular formula is C8H12N2O5. The second-order valence-corrected chi connectivity index (χ2v) is 2.55. The minimum atomic E-state index is -1.22. The number of aliphatic carboxylic acids is 1. The molecule has 7 heteroatoms. The summed E-state index contributed by atoms with van der Waals surface area (Å²) in [5.74, 6) is -2.50. The Kier molecular flexibility index (Phi) is 5.72. The van der Waals surface area contributed by atoms with Crippen LogP contribution in [-0.4, -0.2) is 42.6 Å². The molecule has 0 saturated heterocycles. The lowest BCUT2D eigenvalue weighted by Crippen LogP contribution is -2.42. The third-order valence-corrected chi connectivity index (χ3v) is 1.39. The van der Waals surface area contributed by atoms with E-state index in [1.165, 1.54) is 7.11 Å². The van der Waals surface area contributed by atoms with Crippen molar-refractivity contribution in [2.75, 3.05) is 13.7 Å². The van der Waals surface area contributed by atoms with E-state index in [1.54, 1.807) is 0 Å². The van der Waals surface area contributed by atoms with Crippen LogP contribution in [0.25, 0.3) is 0 Å². The third kappa shape index (κ3) is 6.22. The van der Waals surface area contributed by atoms with Crippen LogP contribution in [0.3, 0.4) is 0 Å². The monoisotopic (exact) mass is 216 g/mol. The van der Waals surface area contributed by atoms with E-state index in [1.807, 2.05) is 0 Å². The number of methoxy groups -OCH3 is 1. The number of nitrogens with two attached hydrogens (primary N) is 1. The average Bonchev–Trinajstić information content (AvgIpc) is 2.21. The highest BCUT2D eigenvalue weighted by Crippen LogP contribution is 1.80. The Balaban J connectivity index is 3.90. The Morgan fingerprint density at radius 2 is 2.07 bits per heavy atom. The summed E-state index contributed by atoms with van der Waals surface area (Å²) in [6.07, 6.45) is 1.85. The Labute approximate surface area is 85.9 Å². The number of carbonyl (C=O) groups excluding carboxylic acids is 2. The number of amides is 1. The number of rotatable bonds is 5. The molecule has 84 valence electrons. The number of ether oxygens (including phenoxy) is 1. The van der Waals surface area contributed by atoms with E-state index in [9.17, 15) is 14.4 Å². The summed E-state index contributed by atoms with van der Waals surface area (Å²) in [6.45, 7) is -0.209. The summed E-state index contributed by atoms with van der Waals surface area (Å²) in [4.78, 5) is 31.7. The zero-order valence-corrected chi connectivity index (χ0v) is 8.10. The van der Waals surface area contributed by atoms with Gasteiger partial charge in [-0.1, -0.05) is 0 Å². The summed E-state index contributed by atoms with van der Waals surface area (Å²) >= 11 is 0. The van der Waals surface area contributed by atoms with Crippen molar-refractivity contribution in [2.24, 2.45) is 5.73 Å². The topological polar surface area (TPSA) is 119 Å². The molecule has 4 N–H and O–H groups in total. The number of hydrogen-bond acceptors (Lipinski definition) is 5. The van der Waals surface area contributed by atoms with E-state index in [2.05, 4.69) is 10.1 Å². The van der Waals surface area contributed by atoms with Crippen molar-refractivity contribution in [3.05, 3.63) is 12.2 Å². The molecule has 0 spiro atoms. The molecular weight excluding hydrogens is 204 g/mol. The largest absolute Gasteiger partial charge is 0.480 e. The molecule has 15 heavy (non-hydrogen) atoms. The van der Waals surface area contributed by atoms with Gasteiger partial charge in [-0.25, -0.2) is 4.79 Å². The van der Waals surface area contributed by atoms with Gasteiger partial charge in [-0.3, -0.25) is 9.59 Å². The van der Waals surface area contributed by atoms with Crippen LogP contribution in [0.4, 0.5) is 0 Å². The highest BCUT2D eigenvalue weighted by molar-refractivity contribution is 5.94. The van der Waals surface area contributed by atoms with Gasteiger partial charge in [-0.15, -0.1) is 0 Å². The van der Waals surface area contributed by atoms with E-state index in [4.69, 9.17) is 10.8 Å². The van der Waals surface area contributed by atoms with Crippen molar-refractivity contribution in [1.82, 2.24) is 5.32 Å². The quantitative estimate of drug-likeness (QED) is 0.370. The summed E-state index contributed by atoms with van der Waals surface area (Å²) in [7, 11) is 1.17. The molecule has 0 aliphatic rings. The fourth-order valence-corrected chi connectivity index (χ4v) is 0.569. The SMILES string of the molecule is COC(=O)/C=C/C(=O)NCC(N)C(=O)O. The summed E-state index contributed by atoms with van der Waals surface area (Å²) in [5.41, 5.74) is 5.12. The Morgan fingerprint density at radius 3 is 2.53 bits per heavy atom. The van der Waals surface area contributed by atoms with Crippen LogP contribution in [0.15, 0.2) is 12.2 Å². The lowest BCUT2D eigenvalue weighted by molar-refractivity contribution is -0.138. The van der Waals surface area contributed by atoms with E-state index in [0.717, 1.165) is 12.2 Å². The van der Waals surface area contributed by atoms with Crippen LogP contribution in [0, 0.1) is 0 Å². The zero-order chi connectivity index (χ0) is 11.8. The third-order valence-electron chi connectivity index (χ3n) is 1.39. The van der Waals surface area contributed by atoms with Gasteiger partial charge in [0.15, 0.2) is 0 Å². The predicted octanol–water partition coefficient (Wildman–Crippen LogP) is -1.76. The molecule has 0 aromatic rings. The molecule has 0 radical (unpaired) electrons. The molecule has 0 aromatic heterocycles. The van der Waals surface area contributed by atoms with Gasteiger partial charge in [0, 0.05) is 18.7 Å². The van der Waals surface area contributed by atoms with Crippen LogP contribution in [0.2, 0.25) is 0 Å². The molecule has 1 amide bonds. The maximum Gasteiger partial charge on any atom is 0.330 e. The van der Waals surface area contributed by atoms with Crippen molar-refractivity contribution in [1.29, 1.82) is 0 Å². The Morgan fingerprint density at radius 1 is 1.47 bits per heavy atom. The molecule has 7 nitrogen and oxygen atoms in total. The molecule has 0 aliphatic heterocycles. The highest BCUT2D eigenvalue weighted by atomic mass is 16.5. The van der Waals surface area contributed by atoms with E-state index < -0.39 is 23.9 Å². The smallest absolute Gasteiger partial charge is 0.330 e. The molecule has 1 unspecified atom stereocenters. The first-order valence-corrected chi connectivity index (χ1v) is 3.99. The molecule has 0 fully saturated rings. The molecule has 0 aliphatic carbocycles. The van der Waals surface area contributed by atoms with Gasteiger partial charge < -0.3 is 20.9 Å². The molecule has 0 rings (SSSR count). The van der Waals surface area contributed by atoms with Gasteiger partial charge in [0.2, 0.25) is 5.91 Å². The standard InChI is InChI=1S/C8H12N2O5/c1-15-7(12)3-2-6(11)10-4-5(9)8(13)14/h2-3,5H,4,9H2,1H3,(H,10,11)(H,13,14)/b3-2+. The summed E-state index contributed by atoms with van der Waals surface area (Å²) in [6, 6.07) is -1.17. The van der Waals surface area contributed by atoms with Crippen molar-refractivity contribution in [3.8, 4) is 0 Å². The van der Waals surface area contributed by atoms with E-state index in [0.29, 0.717) is 0 Å². The fourth-order valence-electron chi connectivity index (χ4n) is 0.569. The molecule has 0 bridgehead atoms. The number of nitrogens with one attached hydrogen (secondary N) is 1. The highest BCUT2D eigenvalue weighted by Gasteiger charge is 2.11. The van der Waals surface area contributed by atoms with Gasteiger partial charge in [-0.05, 0) is 0 Å². The zero-order valence-electron chi connectivity index (χ0n) is 8.10. The van der Waals surface area contributed by atoms with Gasteiger partial charge in [-0.2, -0.15) is 0 Å². The predicted molar refractivity (Wildman–Crippen MR) is 49.8 cm³/mol. The Hall–Kier alpha value is -1.89. The maximum absolute atomic E-state index is 10.9. The lowest BCUT2D eigenvalue weighted by Gasteiger charge is -2.05. The van der Waals surface area contributed by atoms with Crippen molar-refractivity contribution in [2.45, 2.75) is 6.04 Å². The maximum atomic E-state index is 10.9. The summed E-state index contributed by atoms with van der Waals surface area (Å²) < 4.78 is 4.24. The van der Waals surface area contributed by atoms with Crippen molar-refractivity contribution < 1.29 is 24.2 Å². The normalized spacial score (nSPS) is 12.1. The average molecular weight is 216 g/mol. The first kappa shape index (κ1) is 13.1. The van der Waals surface area contributed by atoms with Gasteiger partial charge in [0.1, 0.15) is 6.04 Å². The molecule has 0 aromatic carbocycles. The molecule has 0 heterocycles. The second-order valence-electron chi connectivity index (χ2n) is 2.55. The van der Waals surface area contributed by atoms with Crippen LogP contribution in [0.1, 0.15) is 0 Å². The van der Waals surface area contributed by atoms with Crippen LogP contribution >= 0.6 is 0 Å². The first-order chi connectivity index (χ1) is 6.97. The van der Waals surface area contributed by atoms with Crippen molar-refractivity contribution in [3.63, 3.8) is 0 Å².